The Morgan fingerprint density at radius 2 is 1.82 bits per heavy atom. The largest absolute Gasteiger partial charge is 0.464 e. The maximum atomic E-state index is 15.1. The molecule has 6 bridgehead atoms. The number of likely N-dealkylation sites (tertiary alicyclic amines) is 2. The summed E-state index contributed by atoms with van der Waals surface area (Å²) < 4.78 is 57.3. The summed E-state index contributed by atoms with van der Waals surface area (Å²) in [5.41, 5.74) is 5.94. The van der Waals surface area contributed by atoms with Gasteiger partial charge in [-0.05, 0) is 113 Å². The molecule has 15 nitrogen and oxygen atoms in total. The first-order valence-electron chi connectivity index (χ1n) is 26.5. The van der Waals surface area contributed by atoms with E-state index >= 15 is 4.79 Å². The topological polar surface area (TPSA) is 173 Å². The molecule has 3 amide bonds. The molecule has 2 unspecified atom stereocenters. The number of hydrazine groups is 1. The quantitative estimate of drug-likeness (QED) is 0.111. The van der Waals surface area contributed by atoms with Crippen LogP contribution in [0.25, 0.3) is 33.4 Å². The molecule has 5 aliphatic heterocycles. The summed E-state index contributed by atoms with van der Waals surface area (Å²) in [5.74, 6) is -0.169. The zero-order valence-electron chi connectivity index (χ0n) is 42.3. The van der Waals surface area contributed by atoms with Crippen LogP contribution in [0, 0.1) is 22.7 Å². The summed E-state index contributed by atoms with van der Waals surface area (Å²) in [7, 11) is 1.54. The molecule has 3 N–H and O–H groups in total. The SMILES string of the molecule is CO[C@@H](C)c1ncccc1-c1c2c3cc(ccc3n1CC(F)(F)F)-c1csc(n1)C[C@H](NC(=O)C(C1CCCC1)N1CC[C@]3(CCN(C(=O)[C@@H]4NC4C4CC4)C3)C1)C(=O)N1CCC[C@H](N1)C(=O)OCC(C)(C)C2. The van der Waals surface area contributed by atoms with Gasteiger partial charge in [-0.1, -0.05) is 32.8 Å². The third-order valence-corrected chi connectivity index (χ3v) is 17.8. The molecule has 392 valence electrons. The highest BCUT2D eigenvalue weighted by Crippen LogP contribution is 2.46. The highest BCUT2D eigenvalue weighted by atomic mass is 32.1. The van der Waals surface area contributed by atoms with Gasteiger partial charge in [0.15, 0.2) is 0 Å². The van der Waals surface area contributed by atoms with Crippen molar-refractivity contribution in [1.82, 2.24) is 45.4 Å². The predicted molar refractivity (Wildman–Crippen MR) is 269 cm³/mol. The van der Waals surface area contributed by atoms with Gasteiger partial charge in [-0.25, -0.2) is 10.4 Å². The van der Waals surface area contributed by atoms with Crippen LogP contribution in [0.4, 0.5) is 13.2 Å². The molecule has 0 radical (unpaired) electrons. The normalized spacial score (nSPS) is 27.9. The molecule has 73 heavy (non-hydrogen) atoms. The first-order valence-corrected chi connectivity index (χ1v) is 27.3. The number of thiazole rings is 1. The Labute approximate surface area is 428 Å². The van der Waals surface area contributed by atoms with Gasteiger partial charge in [0.1, 0.15) is 24.7 Å². The number of amides is 3. The van der Waals surface area contributed by atoms with E-state index in [2.05, 4.69) is 25.9 Å². The molecule has 7 aliphatic rings. The Bertz CT molecular complexity index is 2770. The van der Waals surface area contributed by atoms with Gasteiger partial charge in [-0.15, -0.1) is 11.3 Å². The summed E-state index contributed by atoms with van der Waals surface area (Å²) in [4.78, 5) is 71.7. The Morgan fingerprint density at radius 3 is 2.59 bits per heavy atom. The minimum atomic E-state index is -4.57. The van der Waals surface area contributed by atoms with Crippen LogP contribution in [0.15, 0.2) is 41.9 Å². The molecule has 19 heteroatoms. The van der Waals surface area contributed by atoms with E-state index in [0.717, 1.165) is 51.6 Å². The fourth-order valence-corrected chi connectivity index (χ4v) is 13.7. The van der Waals surface area contributed by atoms with Crippen molar-refractivity contribution in [3.63, 3.8) is 0 Å². The highest BCUT2D eigenvalue weighted by Gasteiger charge is 2.55. The minimum absolute atomic E-state index is 0.0567. The van der Waals surface area contributed by atoms with Gasteiger partial charge in [0.2, 0.25) is 11.8 Å². The molecule has 2 aliphatic carbocycles. The number of hydrogen-bond donors (Lipinski definition) is 3. The molecular formula is C54H68F3N9O6S. The lowest BCUT2D eigenvalue weighted by atomic mass is 9.84. The van der Waals surface area contributed by atoms with E-state index in [1.54, 1.807) is 30.5 Å². The summed E-state index contributed by atoms with van der Waals surface area (Å²) in [6.07, 6.45) is 5.81. The van der Waals surface area contributed by atoms with Crippen LogP contribution < -0.4 is 16.1 Å². The van der Waals surface area contributed by atoms with E-state index in [9.17, 15) is 27.6 Å². The number of benzene rings is 1. The standard InChI is InChI=1S/C54H68F3N9O6S/c1-31(71-4)43-35(11-7-19-58-43)47-37-25-52(2,3)30-72-51(70)38-12-8-20-66(62-38)49(68)39(24-42-59-40(26-73-42)34-15-16-41(36(37)23-34)65(47)29-54(55,56)57)60-48(67)46(33-9-5-6-10-33)63-21-17-53(27-63)18-22-64(28-53)50(69)45-44(61-45)32-13-14-32/h7,11,15-16,19,23,26,31-33,38-39,44-46,61-62H,5-6,8-10,12-14,17-18,20-22,24-25,27-30H2,1-4H3,(H,60,67)/t31-,38-,39-,44?,45+,46?,53-/m0/s1. The van der Waals surface area contributed by atoms with Gasteiger partial charge < -0.3 is 24.3 Å². The third kappa shape index (κ3) is 10.3. The van der Waals surface area contributed by atoms with Gasteiger partial charge >= 0.3 is 12.1 Å². The average molecular weight is 1030 g/mol. The number of aromatic nitrogens is 3. The van der Waals surface area contributed by atoms with Gasteiger partial charge in [-0.2, -0.15) is 13.2 Å². The van der Waals surface area contributed by atoms with Crippen LogP contribution in [0.3, 0.4) is 0 Å². The van der Waals surface area contributed by atoms with Crippen LogP contribution in [0.2, 0.25) is 0 Å². The molecule has 1 aromatic carbocycles. The number of fused-ring (bicyclic) bond motifs is 6. The zero-order chi connectivity index (χ0) is 51.0. The number of carbonyl (C=O) groups is 4. The van der Waals surface area contributed by atoms with Crippen molar-refractivity contribution in [3.05, 3.63) is 58.2 Å². The van der Waals surface area contributed by atoms with Gasteiger partial charge in [0, 0.05) is 90.2 Å². The van der Waals surface area contributed by atoms with Crippen LogP contribution in [0.5, 0.6) is 0 Å². The second kappa shape index (κ2) is 19.6. The predicted octanol–water partition coefficient (Wildman–Crippen LogP) is 6.98. The number of cyclic esters (lactones) is 1. The number of rotatable bonds is 10. The number of pyridine rings is 1. The van der Waals surface area contributed by atoms with E-state index in [1.165, 1.54) is 40.9 Å². The molecule has 1 spiro atoms. The number of hydrogen-bond acceptors (Lipinski definition) is 12. The average Bonchev–Trinajstić information content (AvgIpc) is 4.04. The van der Waals surface area contributed by atoms with Crippen LogP contribution in [-0.4, -0.2) is 136 Å². The van der Waals surface area contributed by atoms with Crippen molar-refractivity contribution in [3.8, 4) is 22.5 Å². The first-order chi connectivity index (χ1) is 35.0. The first kappa shape index (κ1) is 50.2. The smallest absolute Gasteiger partial charge is 0.406 e. The molecule has 2 saturated carbocycles. The maximum absolute atomic E-state index is 15.1. The Morgan fingerprint density at radius 1 is 1.03 bits per heavy atom. The summed E-state index contributed by atoms with van der Waals surface area (Å²) >= 11 is 1.35. The Balaban J connectivity index is 0.925. The summed E-state index contributed by atoms with van der Waals surface area (Å²) in [6, 6.07) is 6.77. The molecule has 7 atom stereocenters. The third-order valence-electron chi connectivity index (χ3n) is 16.9. The van der Waals surface area contributed by atoms with Crippen molar-refractivity contribution in [2.24, 2.45) is 22.7 Å². The number of carbonyl (C=O) groups excluding carboxylic acids is 4. The number of nitrogens with zero attached hydrogens (tertiary/aromatic N) is 6. The summed E-state index contributed by atoms with van der Waals surface area (Å²) in [6.45, 7) is 7.52. The number of nitrogens with one attached hydrogen (secondary N) is 3. The molecule has 4 aromatic rings. The minimum Gasteiger partial charge on any atom is -0.464 e. The molecular weight excluding hydrogens is 960 g/mol. The van der Waals surface area contributed by atoms with Crippen molar-refractivity contribution in [2.75, 3.05) is 46.4 Å². The van der Waals surface area contributed by atoms with E-state index in [4.69, 9.17) is 14.5 Å². The Hall–Kier alpha value is -4.95. The molecule has 11 rings (SSSR count). The lowest BCUT2D eigenvalue weighted by Crippen LogP contribution is -2.62. The summed E-state index contributed by atoms with van der Waals surface area (Å²) in [5, 5.41) is 11.2. The molecule has 6 fully saturated rings. The number of esters is 1. The lowest BCUT2D eigenvalue weighted by Gasteiger charge is -2.37. The molecule has 3 aromatic heterocycles. The van der Waals surface area contributed by atoms with Crippen LogP contribution >= 0.6 is 11.3 Å². The fraction of sp³-hybridized carbons (Fsp3) is 0.630. The second-order valence-electron chi connectivity index (χ2n) is 23.0. The Kier molecular flexibility index (Phi) is 13.5. The number of methoxy groups -OCH3 is 1. The van der Waals surface area contributed by atoms with Crippen molar-refractivity contribution in [2.45, 2.75) is 147 Å². The lowest BCUT2D eigenvalue weighted by molar-refractivity contribution is -0.155. The monoisotopic (exact) mass is 1030 g/mol. The van der Waals surface area contributed by atoms with Gasteiger partial charge in [0.05, 0.1) is 40.8 Å². The highest BCUT2D eigenvalue weighted by molar-refractivity contribution is 7.10. The van der Waals surface area contributed by atoms with Crippen LogP contribution in [0.1, 0.15) is 107 Å². The van der Waals surface area contributed by atoms with Crippen molar-refractivity contribution in [1.29, 1.82) is 0 Å². The van der Waals surface area contributed by atoms with E-state index in [-0.39, 0.29) is 54.5 Å². The van der Waals surface area contributed by atoms with E-state index in [1.807, 2.05) is 37.1 Å². The fourth-order valence-electron chi connectivity index (χ4n) is 12.9. The van der Waals surface area contributed by atoms with Gasteiger partial charge in [0.25, 0.3) is 5.91 Å². The van der Waals surface area contributed by atoms with Gasteiger partial charge in [-0.3, -0.25) is 39.4 Å². The maximum Gasteiger partial charge on any atom is 0.406 e. The van der Waals surface area contributed by atoms with Crippen LogP contribution in [-0.2, 0) is 48.0 Å². The molecule has 8 heterocycles. The van der Waals surface area contributed by atoms with Crippen molar-refractivity contribution >= 4 is 45.9 Å². The van der Waals surface area contributed by atoms with E-state index < -0.39 is 48.3 Å². The number of halogens is 3. The number of ether oxygens (including phenoxy) is 2. The van der Waals surface area contributed by atoms with E-state index in [0.29, 0.717) is 94.1 Å². The van der Waals surface area contributed by atoms with Crippen molar-refractivity contribution < 1.29 is 41.8 Å². The molecule has 4 saturated heterocycles. The second-order valence-corrected chi connectivity index (χ2v) is 23.9. The number of alkyl halides is 3. The zero-order valence-corrected chi connectivity index (χ0v) is 43.1.